The number of likely N-dealkylation sites (N-methyl/N-ethyl adjacent to an activating group) is 1. The molecular formula is C14H20N6O. The first-order chi connectivity index (χ1) is 10.2. The van der Waals surface area contributed by atoms with Crippen LogP contribution in [0.2, 0.25) is 0 Å². The van der Waals surface area contributed by atoms with Gasteiger partial charge in [-0.1, -0.05) is 0 Å². The van der Waals surface area contributed by atoms with E-state index in [1.807, 2.05) is 25.1 Å². The van der Waals surface area contributed by atoms with Gasteiger partial charge in [-0.2, -0.15) is 5.10 Å². The van der Waals surface area contributed by atoms with Crippen molar-refractivity contribution in [2.24, 2.45) is 10.7 Å². The van der Waals surface area contributed by atoms with Gasteiger partial charge in [-0.15, -0.1) is 0 Å². The van der Waals surface area contributed by atoms with Gasteiger partial charge in [0.25, 0.3) is 0 Å². The average Bonchev–Trinajstić information content (AvgIpc) is 2.92. The zero-order valence-electron chi connectivity index (χ0n) is 12.5. The molecule has 0 aliphatic carbocycles. The molecule has 2 rings (SSSR count). The molecule has 0 aliphatic rings. The second kappa shape index (κ2) is 6.85. The Balaban J connectivity index is 2.36. The molecule has 0 unspecified atom stereocenters. The first kappa shape index (κ1) is 15.0. The predicted molar refractivity (Wildman–Crippen MR) is 83.6 cm³/mol. The first-order valence-electron chi connectivity index (χ1n) is 6.62. The van der Waals surface area contributed by atoms with Crippen LogP contribution >= 0.6 is 0 Å². The zero-order chi connectivity index (χ0) is 15.2. The van der Waals surface area contributed by atoms with E-state index in [0.29, 0.717) is 23.8 Å². The van der Waals surface area contributed by atoms with Gasteiger partial charge in [-0.3, -0.25) is 4.99 Å². The summed E-state index contributed by atoms with van der Waals surface area (Å²) >= 11 is 0. The van der Waals surface area contributed by atoms with Gasteiger partial charge in [0.15, 0.2) is 0 Å². The molecule has 0 radical (unpaired) electrons. The molecule has 112 valence electrons. The van der Waals surface area contributed by atoms with Gasteiger partial charge >= 0.3 is 0 Å². The number of aliphatic imine (C=N–C) groups is 1. The highest BCUT2D eigenvalue weighted by Crippen LogP contribution is 2.20. The molecule has 2 aromatic heterocycles. The number of rotatable bonds is 6. The van der Waals surface area contributed by atoms with Crippen LogP contribution in [-0.2, 0) is 0 Å². The number of fused-ring (bicyclic) bond motifs is 1. The Morgan fingerprint density at radius 1 is 1.52 bits per heavy atom. The maximum Gasteiger partial charge on any atom is 0.240 e. The van der Waals surface area contributed by atoms with Crippen LogP contribution < -0.4 is 10.5 Å². The average molecular weight is 288 g/mol. The molecule has 21 heavy (non-hydrogen) atoms. The topological polar surface area (TPSA) is 81.0 Å². The van der Waals surface area contributed by atoms with Crippen molar-refractivity contribution in [2.75, 3.05) is 34.3 Å². The molecule has 2 aromatic rings. The van der Waals surface area contributed by atoms with Crippen molar-refractivity contribution < 1.29 is 4.74 Å². The summed E-state index contributed by atoms with van der Waals surface area (Å²) in [6.07, 6.45) is 6.63. The first-order valence-corrected chi connectivity index (χ1v) is 6.62. The molecule has 0 bridgehead atoms. The quantitative estimate of drug-likeness (QED) is 0.790. The molecular weight excluding hydrogens is 268 g/mol. The van der Waals surface area contributed by atoms with E-state index in [9.17, 15) is 0 Å². The number of allylic oxidation sites excluding steroid dienone is 1. The van der Waals surface area contributed by atoms with Crippen molar-refractivity contribution in [2.45, 2.75) is 0 Å². The van der Waals surface area contributed by atoms with Crippen molar-refractivity contribution in [1.82, 2.24) is 19.5 Å². The summed E-state index contributed by atoms with van der Waals surface area (Å²) in [4.78, 5) is 10.5. The van der Waals surface area contributed by atoms with Crippen LogP contribution in [0, 0.1) is 0 Å². The third kappa shape index (κ3) is 3.57. The summed E-state index contributed by atoms with van der Waals surface area (Å²) < 4.78 is 7.50. The van der Waals surface area contributed by atoms with E-state index < -0.39 is 0 Å². The van der Waals surface area contributed by atoms with Crippen molar-refractivity contribution in [3.63, 3.8) is 0 Å². The Labute approximate surface area is 123 Å². The van der Waals surface area contributed by atoms with Crippen LogP contribution in [0.25, 0.3) is 11.1 Å². The van der Waals surface area contributed by atoms with Gasteiger partial charge in [-0.05, 0) is 20.2 Å². The highest BCUT2D eigenvalue weighted by Gasteiger charge is 2.10. The van der Waals surface area contributed by atoms with Gasteiger partial charge < -0.3 is 15.4 Å². The highest BCUT2D eigenvalue weighted by atomic mass is 16.5. The summed E-state index contributed by atoms with van der Waals surface area (Å²) in [6.45, 7) is 1.36. The maximum atomic E-state index is 5.78. The summed E-state index contributed by atoms with van der Waals surface area (Å²) in [5, 5.41) is 4.23. The standard InChI is InChI=1S/C14H20N6O/c1-16-9-11(8-15)12-10-20-13(4-5-17-20)14(18-12)21-7-6-19(2)3/h4-5,8-10H,6-7,15H2,1-3H3. The van der Waals surface area contributed by atoms with E-state index in [0.717, 1.165) is 12.1 Å². The molecule has 0 amide bonds. The van der Waals surface area contributed by atoms with Crippen LogP contribution in [0.1, 0.15) is 5.69 Å². The summed E-state index contributed by atoms with van der Waals surface area (Å²) in [5.74, 6) is 0.538. The molecule has 0 atom stereocenters. The lowest BCUT2D eigenvalue weighted by atomic mass is 10.2. The molecule has 7 nitrogen and oxygen atoms in total. The number of hydrogen-bond donors (Lipinski definition) is 1. The van der Waals surface area contributed by atoms with E-state index >= 15 is 0 Å². The smallest absolute Gasteiger partial charge is 0.240 e. The Morgan fingerprint density at radius 2 is 2.33 bits per heavy atom. The van der Waals surface area contributed by atoms with E-state index in [4.69, 9.17) is 10.5 Å². The number of ether oxygens (including phenoxy) is 1. The lowest BCUT2D eigenvalue weighted by molar-refractivity contribution is 0.255. The second-order valence-electron chi connectivity index (χ2n) is 4.75. The molecule has 0 aliphatic heterocycles. The number of nitrogens with two attached hydrogens (primary N) is 1. The monoisotopic (exact) mass is 288 g/mol. The second-order valence-corrected chi connectivity index (χ2v) is 4.75. The Morgan fingerprint density at radius 3 is 3.00 bits per heavy atom. The zero-order valence-corrected chi connectivity index (χ0v) is 12.5. The minimum Gasteiger partial charge on any atom is -0.475 e. The fourth-order valence-corrected chi connectivity index (χ4v) is 1.80. The summed E-state index contributed by atoms with van der Waals surface area (Å²) in [5.41, 5.74) is 7.83. The van der Waals surface area contributed by atoms with E-state index in [2.05, 4.69) is 15.1 Å². The molecule has 0 fully saturated rings. The van der Waals surface area contributed by atoms with Gasteiger partial charge in [0.2, 0.25) is 5.88 Å². The number of hydrogen-bond acceptors (Lipinski definition) is 6. The Bertz CT molecular complexity index is 659. The third-order valence-electron chi connectivity index (χ3n) is 2.88. The van der Waals surface area contributed by atoms with Crippen molar-refractivity contribution in [3.8, 4) is 5.88 Å². The van der Waals surface area contributed by atoms with Crippen molar-refractivity contribution in [3.05, 3.63) is 30.4 Å². The normalized spacial score (nSPS) is 12.7. The SMILES string of the molecule is CN=CC(=CN)c1cn2nccc2c(OCCN(C)C)n1. The van der Waals surface area contributed by atoms with Gasteiger partial charge in [0.05, 0.1) is 18.1 Å². The lowest BCUT2D eigenvalue weighted by Gasteiger charge is -2.12. The van der Waals surface area contributed by atoms with Crippen molar-refractivity contribution >= 4 is 17.3 Å². The van der Waals surface area contributed by atoms with E-state index in [1.54, 1.807) is 30.2 Å². The summed E-state index contributed by atoms with van der Waals surface area (Å²) in [6, 6.07) is 1.86. The minimum absolute atomic E-state index is 0.538. The Hall–Kier alpha value is -2.41. The fourth-order valence-electron chi connectivity index (χ4n) is 1.80. The van der Waals surface area contributed by atoms with Gasteiger partial charge in [0, 0.05) is 31.6 Å². The van der Waals surface area contributed by atoms with E-state index in [-0.39, 0.29) is 0 Å². The van der Waals surface area contributed by atoms with Crippen LogP contribution in [0.5, 0.6) is 5.88 Å². The molecule has 0 saturated carbocycles. The number of nitrogens with zero attached hydrogens (tertiary/aromatic N) is 5. The fraction of sp³-hybridized carbons (Fsp3) is 0.357. The van der Waals surface area contributed by atoms with Gasteiger partial charge in [-0.25, -0.2) is 9.50 Å². The minimum atomic E-state index is 0.538. The van der Waals surface area contributed by atoms with Crippen LogP contribution in [0.15, 0.2) is 29.7 Å². The predicted octanol–water partition coefficient (Wildman–Crippen LogP) is 0.670. The molecule has 2 heterocycles. The van der Waals surface area contributed by atoms with Crippen LogP contribution in [-0.4, -0.2) is 60.0 Å². The Kier molecular flexibility index (Phi) is 4.89. The highest BCUT2D eigenvalue weighted by molar-refractivity contribution is 6.08. The lowest BCUT2D eigenvalue weighted by Crippen LogP contribution is -2.20. The molecule has 0 spiro atoms. The molecule has 0 saturated heterocycles. The third-order valence-corrected chi connectivity index (χ3v) is 2.88. The largest absolute Gasteiger partial charge is 0.475 e. The maximum absolute atomic E-state index is 5.78. The summed E-state index contributed by atoms with van der Waals surface area (Å²) in [7, 11) is 5.67. The molecule has 2 N–H and O–H groups in total. The molecule has 0 aromatic carbocycles. The molecule has 7 heteroatoms. The van der Waals surface area contributed by atoms with Crippen LogP contribution in [0.3, 0.4) is 0 Å². The van der Waals surface area contributed by atoms with Crippen LogP contribution in [0.4, 0.5) is 0 Å². The van der Waals surface area contributed by atoms with Crippen molar-refractivity contribution in [1.29, 1.82) is 0 Å². The van der Waals surface area contributed by atoms with Gasteiger partial charge in [0.1, 0.15) is 12.1 Å². The number of aromatic nitrogens is 3. The van der Waals surface area contributed by atoms with E-state index in [1.165, 1.54) is 6.20 Å².